The van der Waals surface area contributed by atoms with Crippen molar-refractivity contribution in [3.8, 4) is 0 Å². The normalized spacial score (nSPS) is 21.4. The summed E-state index contributed by atoms with van der Waals surface area (Å²) in [4.78, 5) is 0. The van der Waals surface area contributed by atoms with Gasteiger partial charge in [0, 0.05) is 0 Å². The molecule has 45 heavy (non-hydrogen) atoms. The highest BCUT2D eigenvalue weighted by molar-refractivity contribution is 7.87. The maximum atomic E-state index is 14.6. The highest BCUT2D eigenvalue weighted by atomic mass is 127. The van der Waals surface area contributed by atoms with Gasteiger partial charge in [-0.2, -0.15) is 47.9 Å². The summed E-state index contributed by atoms with van der Waals surface area (Å²) in [6, 6.07) is 11.6. The van der Waals surface area contributed by atoms with Crippen LogP contribution >= 0.6 is 0 Å². The van der Waals surface area contributed by atoms with Gasteiger partial charge in [0.25, 0.3) is 0 Å². The Morgan fingerprint density at radius 1 is 0.822 bits per heavy atom. The Balaban J connectivity index is 1.90. The minimum Gasteiger partial charge on any atom is -0.191 e. The van der Waals surface area contributed by atoms with Crippen LogP contribution < -0.4 is 20.2 Å². The number of alkyl halides is 9. The Hall–Kier alpha value is -1.55. The molecule has 0 spiro atoms. The van der Waals surface area contributed by atoms with E-state index in [4.69, 9.17) is 0 Å². The maximum absolute atomic E-state index is 14.6. The van der Waals surface area contributed by atoms with E-state index in [2.05, 4.69) is 23.3 Å². The van der Waals surface area contributed by atoms with E-state index in [-0.39, 0.29) is 13.1 Å². The van der Waals surface area contributed by atoms with Crippen LogP contribution in [0.15, 0.2) is 48.5 Å². The maximum Gasteiger partial charge on any atom is 0.460 e. The first-order valence-electron chi connectivity index (χ1n) is 14.5. The Bertz CT molecular complexity index is 1380. The molecule has 3 nitrogen and oxygen atoms in total. The Kier molecular flexibility index (Phi) is 11.7. The molecule has 0 saturated heterocycles. The lowest BCUT2D eigenvalue weighted by Crippen LogP contribution is -3.85. The molecule has 0 N–H and O–H groups in total. The summed E-state index contributed by atoms with van der Waals surface area (Å²) in [6.45, 7) is 10.4. The Labute approximate surface area is 266 Å². The molecule has 3 rings (SSSR count). The van der Waals surface area contributed by atoms with E-state index in [0.29, 0.717) is 29.2 Å². The number of hydrogen-bond donors (Lipinski definition) is 0. The molecule has 0 aromatic heterocycles. The zero-order valence-electron chi connectivity index (χ0n) is 25.5. The van der Waals surface area contributed by atoms with Crippen LogP contribution in [0.3, 0.4) is 0 Å². The Morgan fingerprint density at radius 3 is 1.82 bits per heavy atom. The van der Waals surface area contributed by atoms with Crippen molar-refractivity contribution in [1.82, 2.24) is 0 Å². The van der Waals surface area contributed by atoms with Gasteiger partial charge < -0.3 is 0 Å². The van der Waals surface area contributed by atoms with E-state index in [1.807, 2.05) is 6.92 Å². The quantitative estimate of drug-likeness (QED) is 0.173. The SMILES string of the molecule is Cc1ccc([I+](OS(=O)(=O)C(F)(F)C(F)(F)C(F)(F)C(F)(F)F)c2ccc(C(C)CCC3CC(C)CCC3C(C)C)cc2)cc1. The van der Waals surface area contributed by atoms with Crippen molar-refractivity contribution in [1.29, 1.82) is 0 Å². The van der Waals surface area contributed by atoms with Gasteiger partial charge in [-0.3, -0.25) is 0 Å². The largest absolute Gasteiger partial charge is 0.460 e. The molecule has 1 aliphatic carbocycles. The minimum atomic E-state index is -7.37. The van der Waals surface area contributed by atoms with Crippen LogP contribution in [0, 0.1) is 37.7 Å². The molecule has 4 atom stereocenters. The van der Waals surface area contributed by atoms with Crippen molar-refractivity contribution in [2.75, 3.05) is 0 Å². The number of rotatable bonds is 12. The number of hydrogen-bond acceptors (Lipinski definition) is 3. The van der Waals surface area contributed by atoms with E-state index < -0.39 is 53.6 Å². The highest BCUT2D eigenvalue weighted by Gasteiger charge is 2.86. The molecule has 14 heteroatoms. The molecule has 4 unspecified atom stereocenters. The predicted octanol–water partition coefficient (Wildman–Crippen LogP) is 6.94. The standard InChI is InChI=1S/C31H38F9IO3S/c1-19(2)27-17-8-21(4)18-24(27)10-9-22(5)23-11-15-26(16-12-23)41(25-13-6-20(3)7-14-25)44-45(42,43)31(39,40)29(34,35)28(32,33)30(36,37)38/h6-7,11-16,19,21-22,24,27H,8-10,17-18H2,1-5H3/q+1. The average Bonchev–Trinajstić information content (AvgIpc) is 2.94. The van der Waals surface area contributed by atoms with Gasteiger partial charge in [0.1, 0.15) is 0 Å². The van der Waals surface area contributed by atoms with E-state index in [9.17, 15) is 47.9 Å². The smallest absolute Gasteiger partial charge is 0.191 e. The average molecular weight is 789 g/mol. The lowest BCUT2D eigenvalue weighted by Gasteiger charge is -2.38. The van der Waals surface area contributed by atoms with Gasteiger partial charge in [0.2, 0.25) is 0 Å². The van der Waals surface area contributed by atoms with Crippen molar-refractivity contribution in [3.63, 3.8) is 0 Å². The summed E-state index contributed by atoms with van der Waals surface area (Å²) in [5, 5.41) is -6.92. The molecular formula is C31H38F9IO3S+. The van der Waals surface area contributed by atoms with E-state index in [1.54, 1.807) is 19.1 Å². The Morgan fingerprint density at radius 2 is 1.33 bits per heavy atom. The third-order valence-electron chi connectivity index (χ3n) is 8.55. The van der Waals surface area contributed by atoms with Crippen LogP contribution in [-0.2, 0) is 12.6 Å². The van der Waals surface area contributed by atoms with E-state index >= 15 is 0 Å². The minimum absolute atomic E-state index is 0.0158. The summed E-state index contributed by atoms with van der Waals surface area (Å²) in [6.07, 6.45) is -1.80. The van der Waals surface area contributed by atoms with Gasteiger partial charge in [-0.1, -0.05) is 63.9 Å². The van der Waals surface area contributed by atoms with Gasteiger partial charge in [-0.15, -0.1) is 0 Å². The zero-order chi connectivity index (χ0) is 34.2. The lowest BCUT2D eigenvalue weighted by atomic mass is 9.68. The molecule has 0 heterocycles. The van der Waals surface area contributed by atoms with Gasteiger partial charge >= 0.3 is 53.6 Å². The van der Waals surface area contributed by atoms with Crippen LogP contribution in [0.25, 0.3) is 0 Å². The van der Waals surface area contributed by atoms with Crippen LogP contribution in [0.2, 0.25) is 0 Å². The van der Waals surface area contributed by atoms with Gasteiger partial charge in [-0.05, 0) is 94.5 Å². The molecule has 2 aromatic rings. The van der Waals surface area contributed by atoms with Crippen LogP contribution in [-0.4, -0.2) is 31.7 Å². The summed E-state index contributed by atoms with van der Waals surface area (Å²) in [7, 11) is -7.02. The monoisotopic (exact) mass is 788 g/mol. The molecule has 1 saturated carbocycles. The molecule has 1 radical (unpaired) electrons. The number of benzene rings is 2. The van der Waals surface area contributed by atoms with Gasteiger partial charge in [0.05, 0.1) is 0 Å². The van der Waals surface area contributed by atoms with E-state index in [0.717, 1.165) is 24.8 Å². The highest BCUT2D eigenvalue weighted by Crippen LogP contribution is 2.54. The molecular weight excluding hydrogens is 750 g/mol. The summed E-state index contributed by atoms with van der Waals surface area (Å²) in [5.74, 6) is -12.3. The fourth-order valence-corrected chi connectivity index (χ4v) is 12.7. The fourth-order valence-electron chi connectivity index (χ4n) is 5.75. The molecule has 1 aliphatic rings. The van der Waals surface area contributed by atoms with Crippen molar-refractivity contribution < 1.29 is 70.7 Å². The molecule has 0 aliphatic heterocycles. The summed E-state index contributed by atoms with van der Waals surface area (Å²) >= 11 is -4.15. The number of aryl methyl sites for hydroxylation is 1. The van der Waals surface area contributed by atoms with Gasteiger partial charge in [-0.25, -0.2) is 0 Å². The number of halogens is 10. The van der Waals surface area contributed by atoms with E-state index in [1.165, 1.54) is 49.2 Å². The fraction of sp³-hybridized carbons (Fsp3) is 0.613. The second kappa shape index (κ2) is 13.9. The first kappa shape index (κ1) is 37.9. The lowest BCUT2D eigenvalue weighted by molar-refractivity contribution is -1.03. The second-order valence-electron chi connectivity index (χ2n) is 12.3. The molecule has 1 fully saturated rings. The van der Waals surface area contributed by atoms with Crippen LogP contribution in [0.1, 0.15) is 76.8 Å². The van der Waals surface area contributed by atoms with Crippen molar-refractivity contribution in [2.24, 2.45) is 23.7 Å². The predicted molar refractivity (Wildman–Crippen MR) is 148 cm³/mol. The molecule has 0 bridgehead atoms. The molecule has 255 valence electrons. The topological polar surface area (TPSA) is 43.4 Å². The van der Waals surface area contributed by atoms with Crippen molar-refractivity contribution in [2.45, 2.75) is 95.9 Å². The molecule has 0 amide bonds. The van der Waals surface area contributed by atoms with Crippen LogP contribution in [0.5, 0.6) is 0 Å². The van der Waals surface area contributed by atoms with Gasteiger partial charge in [0.15, 0.2) is 7.14 Å². The van der Waals surface area contributed by atoms with Crippen molar-refractivity contribution >= 4 is 10.1 Å². The summed E-state index contributed by atoms with van der Waals surface area (Å²) in [5.41, 5.74) is 1.50. The summed E-state index contributed by atoms with van der Waals surface area (Å²) < 4.78 is 152. The second-order valence-corrected chi connectivity index (χ2v) is 18.9. The first-order chi connectivity index (χ1) is 20.5. The first-order valence-corrected chi connectivity index (χ1v) is 19.0. The third kappa shape index (κ3) is 7.95. The van der Waals surface area contributed by atoms with Crippen LogP contribution in [0.4, 0.5) is 39.5 Å². The third-order valence-corrected chi connectivity index (χ3v) is 15.9. The molecule has 2 aromatic carbocycles. The van der Waals surface area contributed by atoms with Crippen molar-refractivity contribution in [3.05, 3.63) is 66.8 Å². The zero-order valence-corrected chi connectivity index (χ0v) is 28.4.